The Bertz CT molecular complexity index is 2050. The van der Waals surface area contributed by atoms with Crippen LogP contribution in [0.3, 0.4) is 0 Å². The molecule has 2 aliphatic rings. The Morgan fingerprint density at radius 1 is 0.812 bits per heavy atom. The van der Waals surface area contributed by atoms with E-state index in [0.717, 1.165) is 22.3 Å². The van der Waals surface area contributed by atoms with Gasteiger partial charge in [-0.25, -0.2) is 9.59 Å². The third-order valence-corrected chi connectivity index (χ3v) is 10.2. The van der Waals surface area contributed by atoms with Crippen LogP contribution in [0.5, 0.6) is 0 Å². The van der Waals surface area contributed by atoms with E-state index in [1.165, 1.54) is 12.1 Å². The van der Waals surface area contributed by atoms with Crippen molar-refractivity contribution >= 4 is 43.4 Å². The molecule has 2 aromatic carbocycles. The van der Waals surface area contributed by atoms with Crippen molar-refractivity contribution in [2.45, 2.75) is 51.9 Å². The van der Waals surface area contributed by atoms with Crippen molar-refractivity contribution in [1.82, 2.24) is 0 Å². The number of allylic oxidation sites excluding steroid dienone is 10. The number of fused-ring (bicyclic) bond motifs is 2. The van der Waals surface area contributed by atoms with E-state index in [4.69, 9.17) is 0 Å². The van der Waals surface area contributed by atoms with Crippen molar-refractivity contribution in [3.8, 4) is 0 Å². The number of benzene rings is 2. The average molecular weight is 698 g/mol. The molecule has 1 aliphatic carbocycles. The van der Waals surface area contributed by atoms with E-state index in [0.29, 0.717) is 22.5 Å². The van der Waals surface area contributed by atoms with Crippen LogP contribution >= 0.6 is 0 Å². The van der Waals surface area contributed by atoms with Gasteiger partial charge in [-0.3, -0.25) is 9.11 Å². The van der Waals surface area contributed by atoms with Gasteiger partial charge in [0.15, 0.2) is 0 Å². The van der Waals surface area contributed by atoms with Crippen LogP contribution in [0, 0.1) is 0 Å². The molecule has 1 aliphatic heterocycles. The summed E-state index contributed by atoms with van der Waals surface area (Å²) in [6.07, 6.45) is 11.0. The van der Waals surface area contributed by atoms with E-state index in [-0.39, 0.29) is 24.1 Å². The standard InChI is InChI=1S/C35H39NO10S2/c1-22(8-6-10-27-26(16-18-47(41,42)43)25-14-12-23(32(37)38)20-28(25)34(27,2)3)9-7-11-31-35(4,5)29-21-24(33(39)40)13-15-30(29)36(31)17-19-48(44,45)46/h6-15,20-21H,16-19H2,1-5H3,(H,37,38)(H,39,40)(H,41,42,43)(H,44,45,46)/b9-7?,10-6?,22-8?,31-11+. The molecule has 0 spiro atoms. The van der Waals surface area contributed by atoms with Gasteiger partial charge in [-0.1, -0.05) is 69.7 Å². The summed E-state index contributed by atoms with van der Waals surface area (Å²) in [4.78, 5) is 25.1. The van der Waals surface area contributed by atoms with Gasteiger partial charge in [-0.15, -0.1) is 0 Å². The Morgan fingerprint density at radius 3 is 1.98 bits per heavy atom. The van der Waals surface area contributed by atoms with Crippen LogP contribution < -0.4 is 4.90 Å². The fraction of sp³-hybridized carbons (Fsp3) is 0.314. The van der Waals surface area contributed by atoms with E-state index in [2.05, 4.69) is 0 Å². The molecular weight excluding hydrogens is 659 g/mol. The molecule has 0 aromatic heterocycles. The number of carbonyl (C=O) groups is 2. The van der Waals surface area contributed by atoms with E-state index >= 15 is 0 Å². The van der Waals surface area contributed by atoms with Crippen LogP contribution in [-0.2, 0) is 31.1 Å². The van der Waals surface area contributed by atoms with Gasteiger partial charge in [0.2, 0.25) is 0 Å². The number of nitrogens with zero attached hydrogens (tertiary/aromatic N) is 1. The molecule has 0 unspecified atom stereocenters. The second-order valence-electron chi connectivity index (χ2n) is 12.9. The number of hydrogen-bond acceptors (Lipinski definition) is 7. The quantitative estimate of drug-likeness (QED) is 0.150. The summed E-state index contributed by atoms with van der Waals surface area (Å²) in [5.74, 6) is -3.16. The molecule has 1 heterocycles. The smallest absolute Gasteiger partial charge is 0.335 e. The molecule has 11 nitrogen and oxygen atoms in total. The summed E-state index contributed by atoms with van der Waals surface area (Å²) in [5.41, 5.74) is 4.75. The van der Waals surface area contributed by atoms with Gasteiger partial charge in [0.05, 0.1) is 22.6 Å². The normalized spacial score (nSPS) is 18.3. The summed E-state index contributed by atoms with van der Waals surface area (Å²) in [6.45, 7) is 9.49. The summed E-state index contributed by atoms with van der Waals surface area (Å²) in [6, 6.07) is 9.39. The molecule has 0 fully saturated rings. The molecule has 48 heavy (non-hydrogen) atoms. The molecule has 0 saturated heterocycles. The SMILES string of the molecule is CC(C=C/C=C1/N(CCS(=O)(=O)O)c2ccc(C(=O)O)cc2C1(C)C)=CC=CC1=C(CCS(=O)(=O)O)c2ccc(C(=O)O)cc2C1(C)C. The van der Waals surface area contributed by atoms with Gasteiger partial charge in [0.25, 0.3) is 20.2 Å². The van der Waals surface area contributed by atoms with Crippen LogP contribution in [-0.4, -0.2) is 66.1 Å². The zero-order valence-electron chi connectivity index (χ0n) is 27.3. The van der Waals surface area contributed by atoms with E-state index in [9.17, 15) is 45.7 Å². The monoisotopic (exact) mass is 697 g/mol. The number of anilines is 1. The van der Waals surface area contributed by atoms with Crippen LogP contribution in [0.25, 0.3) is 5.57 Å². The lowest BCUT2D eigenvalue weighted by atomic mass is 9.80. The van der Waals surface area contributed by atoms with Crippen molar-refractivity contribution < 1.29 is 45.7 Å². The second-order valence-corrected chi connectivity index (χ2v) is 16.0. The maximum absolute atomic E-state index is 11.7. The molecular formula is C35H39NO10S2. The maximum atomic E-state index is 11.7. The molecule has 0 bridgehead atoms. The molecule has 2 aromatic rings. The lowest BCUT2D eigenvalue weighted by Gasteiger charge is -2.26. The third kappa shape index (κ3) is 7.87. The van der Waals surface area contributed by atoms with Crippen LogP contribution in [0.4, 0.5) is 5.69 Å². The van der Waals surface area contributed by atoms with Crippen molar-refractivity contribution in [2.75, 3.05) is 23.0 Å². The first-order valence-corrected chi connectivity index (χ1v) is 18.3. The molecule has 0 saturated carbocycles. The number of aromatic carboxylic acids is 2. The first-order chi connectivity index (χ1) is 22.1. The van der Waals surface area contributed by atoms with Crippen molar-refractivity contribution in [2.24, 2.45) is 0 Å². The first-order valence-electron chi connectivity index (χ1n) is 15.0. The van der Waals surface area contributed by atoms with Gasteiger partial charge >= 0.3 is 11.9 Å². The fourth-order valence-electron chi connectivity index (χ4n) is 6.33. The van der Waals surface area contributed by atoms with Crippen molar-refractivity contribution in [3.05, 3.63) is 118 Å². The Labute approximate surface area is 280 Å². The van der Waals surface area contributed by atoms with Crippen LogP contribution in [0.2, 0.25) is 0 Å². The number of carboxylic acid groups (broad SMARTS) is 2. The van der Waals surface area contributed by atoms with Crippen molar-refractivity contribution in [1.29, 1.82) is 0 Å². The zero-order chi connectivity index (χ0) is 35.8. The van der Waals surface area contributed by atoms with E-state index in [1.807, 2.05) is 65.0 Å². The van der Waals surface area contributed by atoms with Gasteiger partial charge in [0.1, 0.15) is 0 Å². The topological polar surface area (TPSA) is 187 Å². The summed E-state index contributed by atoms with van der Waals surface area (Å²) in [7, 11) is -8.51. The molecule has 0 amide bonds. The largest absolute Gasteiger partial charge is 0.478 e. The summed E-state index contributed by atoms with van der Waals surface area (Å²) < 4.78 is 65.3. The average Bonchev–Trinajstić information content (AvgIpc) is 3.32. The third-order valence-electron chi connectivity index (χ3n) is 8.82. The minimum absolute atomic E-state index is 0.0394. The highest BCUT2D eigenvalue weighted by Crippen LogP contribution is 2.49. The Balaban J connectivity index is 1.66. The molecule has 4 rings (SSSR count). The molecule has 4 N–H and O–H groups in total. The zero-order valence-corrected chi connectivity index (χ0v) is 28.9. The van der Waals surface area contributed by atoms with E-state index < -0.39 is 54.5 Å². The Morgan fingerprint density at radius 2 is 1.40 bits per heavy atom. The van der Waals surface area contributed by atoms with Crippen LogP contribution in [0.15, 0.2) is 89.7 Å². The predicted molar refractivity (Wildman–Crippen MR) is 185 cm³/mol. The second kappa shape index (κ2) is 13.3. The number of rotatable bonds is 12. The lowest BCUT2D eigenvalue weighted by Crippen LogP contribution is -2.30. The minimum Gasteiger partial charge on any atom is -0.478 e. The van der Waals surface area contributed by atoms with Gasteiger partial charge in [-0.05, 0) is 77.6 Å². The summed E-state index contributed by atoms with van der Waals surface area (Å²) in [5, 5.41) is 19.1. The first kappa shape index (κ1) is 36.5. The molecule has 13 heteroatoms. The predicted octanol–water partition coefficient (Wildman–Crippen LogP) is 6.03. The molecule has 0 radical (unpaired) electrons. The van der Waals surface area contributed by atoms with Crippen LogP contribution in [0.1, 0.15) is 78.4 Å². The highest BCUT2D eigenvalue weighted by Gasteiger charge is 2.41. The molecule has 256 valence electrons. The fourth-order valence-corrected chi connectivity index (χ4v) is 7.21. The van der Waals surface area contributed by atoms with Crippen molar-refractivity contribution in [3.63, 3.8) is 0 Å². The highest BCUT2D eigenvalue weighted by molar-refractivity contribution is 7.86. The number of carboxylic acids is 2. The van der Waals surface area contributed by atoms with Gasteiger partial charge < -0.3 is 15.1 Å². The minimum atomic E-state index is -4.26. The Kier molecular flexibility index (Phi) is 10.1. The number of hydrogen-bond donors (Lipinski definition) is 4. The Hall–Kier alpha value is -4.30. The lowest BCUT2D eigenvalue weighted by molar-refractivity contribution is 0.0686. The highest BCUT2D eigenvalue weighted by atomic mass is 32.2. The molecule has 0 atom stereocenters. The van der Waals surface area contributed by atoms with E-state index in [1.54, 1.807) is 35.2 Å². The van der Waals surface area contributed by atoms with Gasteiger partial charge in [-0.2, -0.15) is 16.8 Å². The summed E-state index contributed by atoms with van der Waals surface area (Å²) >= 11 is 0. The maximum Gasteiger partial charge on any atom is 0.335 e. The van der Waals surface area contributed by atoms with Gasteiger partial charge in [0, 0.05) is 28.8 Å².